The van der Waals surface area contributed by atoms with E-state index in [1.165, 1.54) is 12.8 Å². The molecular weight excluding hydrogens is 268 g/mol. The minimum absolute atomic E-state index is 0.245. The number of imidazole rings is 1. The number of aryl methyl sites for hydroxylation is 1. The summed E-state index contributed by atoms with van der Waals surface area (Å²) in [6.07, 6.45) is 3.29. The normalized spacial score (nSPS) is 16.2. The topological polar surface area (TPSA) is 73.4 Å². The van der Waals surface area contributed by atoms with Gasteiger partial charge in [0.15, 0.2) is 5.69 Å². The molecule has 118 valence electrons. The molecule has 1 aliphatic rings. The number of carbonyl (C=O) groups is 1. The summed E-state index contributed by atoms with van der Waals surface area (Å²) in [6, 6.07) is 1.05. The summed E-state index contributed by atoms with van der Waals surface area (Å²) < 4.78 is 6.97. The average molecular weight is 294 g/mol. The van der Waals surface area contributed by atoms with Crippen LogP contribution in [-0.2, 0) is 17.7 Å². The molecule has 1 saturated carbocycles. The lowest BCUT2D eigenvalue weighted by atomic mass is 10.2. The smallest absolute Gasteiger partial charge is 0.360 e. The van der Waals surface area contributed by atoms with Crippen molar-refractivity contribution in [3.63, 3.8) is 0 Å². The number of rotatable bonds is 7. The molecule has 1 unspecified atom stereocenters. The van der Waals surface area contributed by atoms with Crippen LogP contribution in [0, 0.1) is 0 Å². The predicted octanol–water partition coefficient (Wildman–Crippen LogP) is 1.69. The highest BCUT2D eigenvalue weighted by atomic mass is 16.5. The van der Waals surface area contributed by atoms with Gasteiger partial charge in [0.25, 0.3) is 0 Å². The molecule has 0 bridgehead atoms. The number of nitrogen functional groups attached to an aromatic ring is 1. The SMILES string of the molecule is CCOC(=O)c1nc(CC)n(CC(C)N(C)C2CC2)c1N. The molecule has 0 radical (unpaired) electrons. The van der Waals surface area contributed by atoms with Crippen molar-refractivity contribution in [2.45, 2.75) is 58.7 Å². The molecule has 0 spiro atoms. The number of aromatic nitrogens is 2. The van der Waals surface area contributed by atoms with Gasteiger partial charge in [0.05, 0.1) is 6.61 Å². The Hall–Kier alpha value is -1.56. The highest BCUT2D eigenvalue weighted by Crippen LogP contribution is 2.28. The molecule has 6 nitrogen and oxygen atoms in total. The van der Waals surface area contributed by atoms with Gasteiger partial charge in [-0.1, -0.05) is 6.92 Å². The average Bonchev–Trinajstić information content (AvgIpc) is 3.25. The van der Waals surface area contributed by atoms with Crippen molar-refractivity contribution >= 4 is 11.8 Å². The van der Waals surface area contributed by atoms with Gasteiger partial charge in [-0.3, -0.25) is 4.90 Å². The molecule has 0 aliphatic heterocycles. The second-order valence-electron chi connectivity index (χ2n) is 5.69. The van der Waals surface area contributed by atoms with Crippen LogP contribution in [0.4, 0.5) is 5.82 Å². The first kappa shape index (κ1) is 15.8. The van der Waals surface area contributed by atoms with Crippen molar-refractivity contribution in [1.29, 1.82) is 0 Å². The molecule has 2 N–H and O–H groups in total. The molecule has 6 heteroatoms. The molecule has 2 rings (SSSR count). The molecule has 1 atom stereocenters. The first-order valence-corrected chi connectivity index (χ1v) is 7.73. The highest BCUT2D eigenvalue weighted by molar-refractivity contribution is 5.92. The van der Waals surface area contributed by atoms with Gasteiger partial charge < -0.3 is 15.0 Å². The van der Waals surface area contributed by atoms with Crippen LogP contribution < -0.4 is 5.73 Å². The first-order valence-electron chi connectivity index (χ1n) is 7.73. The molecule has 1 fully saturated rings. The number of carbonyl (C=O) groups excluding carboxylic acids is 1. The van der Waals surface area contributed by atoms with Gasteiger partial charge in [-0.25, -0.2) is 9.78 Å². The Morgan fingerprint density at radius 3 is 2.71 bits per heavy atom. The van der Waals surface area contributed by atoms with Crippen LogP contribution in [0.15, 0.2) is 0 Å². The van der Waals surface area contributed by atoms with Crippen molar-refractivity contribution in [3.05, 3.63) is 11.5 Å². The summed E-state index contributed by atoms with van der Waals surface area (Å²) in [5.41, 5.74) is 6.38. The second-order valence-corrected chi connectivity index (χ2v) is 5.69. The molecule has 0 amide bonds. The van der Waals surface area contributed by atoms with Crippen molar-refractivity contribution in [2.24, 2.45) is 0 Å². The van der Waals surface area contributed by atoms with Crippen molar-refractivity contribution < 1.29 is 9.53 Å². The number of nitrogens with two attached hydrogens (primary N) is 1. The Kier molecular flexibility index (Phi) is 4.88. The Bertz CT molecular complexity index is 508. The first-order chi connectivity index (χ1) is 9.99. The van der Waals surface area contributed by atoms with E-state index in [-0.39, 0.29) is 5.69 Å². The fourth-order valence-corrected chi connectivity index (χ4v) is 2.57. The Morgan fingerprint density at radius 2 is 2.19 bits per heavy atom. The van der Waals surface area contributed by atoms with E-state index in [1.54, 1.807) is 6.92 Å². The van der Waals surface area contributed by atoms with Gasteiger partial charge in [-0.15, -0.1) is 0 Å². The Balaban J connectivity index is 2.19. The molecule has 1 aromatic heterocycles. The number of hydrogen-bond acceptors (Lipinski definition) is 5. The number of anilines is 1. The van der Waals surface area contributed by atoms with Crippen LogP contribution >= 0.6 is 0 Å². The summed E-state index contributed by atoms with van der Waals surface area (Å²) in [5, 5.41) is 0. The van der Waals surface area contributed by atoms with E-state index in [9.17, 15) is 4.79 Å². The van der Waals surface area contributed by atoms with Gasteiger partial charge >= 0.3 is 5.97 Å². The third-order valence-electron chi connectivity index (χ3n) is 4.14. The van der Waals surface area contributed by atoms with E-state index >= 15 is 0 Å². The quantitative estimate of drug-likeness (QED) is 0.775. The fraction of sp³-hybridized carbons (Fsp3) is 0.733. The largest absolute Gasteiger partial charge is 0.461 e. The molecule has 0 aromatic carbocycles. The maximum atomic E-state index is 11.9. The van der Waals surface area contributed by atoms with E-state index in [2.05, 4.69) is 23.9 Å². The third-order valence-corrected chi connectivity index (χ3v) is 4.14. The lowest BCUT2D eigenvalue weighted by Crippen LogP contribution is -2.35. The molecule has 21 heavy (non-hydrogen) atoms. The summed E-state index contributed by atoms with van der Waals surface area (Å²) >= 11 is 0. The van der Waals surface area contributed by atoms with Crippen molar-refractivity contribution in [2.75, 3.05) is 19.4 Å². The van der Waals surface area contributed by atoms with E-state index in [0.29, 0.717) is 24.5 Å². The maximum absolute atomic E-state index is 11.9. The van der Waals surface area contributed by atoms with Gasteiger partial charge in [-0.2, -0.15) is 0 Å². The van der Waals surface area contributed by atoms with Crippen molar-refractivity contribution in [3.8, 4) is 0 Å². The lowest BCUT2D eigenvalue weighted by molar-refractivity contribution is 0.0521. The summed E-state index contributed by atoms with van der Waals surface area (Å²) in [7, 11) is 2.15. The van der Waals surface area contributed by atoms with Crippen LogP contribution in [0.2, 0.25) is 0 Å². The molecule has 1 aromatic rings. The summed E-state index contributed by atoms with van der Waals surface area (Å²) in [4.78, 5) is 18.6. The Labute approximate surface area is 126 Å². The predicted molar refractivity (Wildman–Crippen MR) is 82.2 cm³/mol. The maximum Gasteiger partial charge on any atom is 0.360 e. The highest BCUT2D eigenvalue weighted by Gasteiger charge is 2.30. The van der Waals surface area contributed by atoms with E-state index in [0.717, 1.165) is 18.8 Å². The van der Waals surface area contributed by atoms with Crippen molar-refractivity contribution in [1.82, 2.24) is 14.5 Å². The minimum atomic E-state index is -0.438. The number of hydrogen-bond donors (Lipinski definition) is 1. The molecule has 1 aliphatic carbocycles. The molecular formula is C15H26N4O2. The van der Waals surface area contributed by atoms with Gasteiger partial charge in [0, 0.05) is 25.0 Å². The zero-order valence-electron chi connectivity index (χ0n) is 13.4. The molecule has 0 saturated heterocycles. The van der Waals surface area contributed by atoms with E-state index in [1.807, 2.05) is 11.5 Å². The van der Waals surface area contributed by atoms with Crippen LogP contribution in [0.25, 0.3) is 0 Å². The number of ether oxygens (including phenoxy) is 1. The number of nitrogens with zero attached hydrogens (tertiary/aromatic N) is 3. The van der Waals surface area contributed by atoms with Crippen LogP contribution in [0.5, 0.6) is 0 Å². The van der Waals surface area contributed by atoms with Crippen LogP contribution in [-0.4, -0.2) is 46.2 Å². The number of esters is 1. The van der Waals surface area contributed by atoms with Gasteiger partial charge in [0.1, 0.15) is 11.6 Å². The zero-order chi connectivity index (χ0) is 15.6. The second kappa shape index (κ2) is 6.47. The Morgan fingerprint density at radius 1 is 1.52 bits per heavy atom. The zero-order valence-corrected chi connectivity index (χ0v) is 13.4. The minimum Gasteiger partial charge on any atom is -0.461 e. The van der Waals surface area contributed by atoms with Crippen LogP contribution in [0.3, 0.4) is 0 Å². The summed E-state index contributed by atoms with van der Waals surface area (Å²) in [5.74, 6) is 0.819. The standard InChI is InChI=1S/C15H26N4O2/c1-5-12-17-13(15(20)21-6-2)14(16)19(12)9-10(3)18(4)11-7-8-11/h10-11H,5-9,16H2,1-4H3. The number of likely N-dealkylation sites (N-methyl/N-ethyl adjacent to an activating group) is 1. The van der Waals surface area contributed by atoms with Crippen LogP contribution in [0.1, 0.15) is 49.9 Å². The van der Waals surface area contributed by atoms with E-state index in [4.69, 9.17) is 10.5 Å². The van der Waals surface area contributed by atoms with Gasteiger partial charge in [0.2, 0.25) is 0 Å². The van der Waals surface area contributed by atoms with Gasteiger partial charge in [-0.05, 0) is 33.7 Å². The summed E-state index contributed by atoms with van der Waals surface area (Å²) in [6.45, 7) is 7.05. The molecule has 1 heterocycles. The lowest BCUT2D eigenvalue weighted by Gasteiger charge is -2.25. The monoisotopic (exact) mass is 294 g/mol. The van der Waals surface area contributed by atoms with E-state index < -0.39 is 5.97 Å². The third kappa shape index (κ3) is 3.37. The fourth-order valence-electron chi connectivity index (χ4n) is 2.57.